The molecule has 1 fully saturated rings. The van der Waals surface area contributed by atoms with E-state index < -0.39 is 23.7 Å². The van der Waals surface area contributed by atoms with Gasteiger partial charge in [-0.3, -0.25) is 4.79 Å². The Kier molecular flexibility index (Phi) is 3.91. The zero-order valence-corrected chi connectivity index (χ0v) is 11.5. The first-order chi connectivity index (χ1) is 8.50. The number of hydrogen-bond acceptors (Lipinski definition) is 3. The molecule has 1 aromatic rings. The van der Waals surface area contributed by atoms with Crippen LogP contribution >= 0.6 is 27.7 Å². The number of carboxylic acids is 1. The number of aliphatic carboxylic acids is 1. The van der Waals surface area contributed by atoms with Crippen molar-refractivity contribution >= 4 is 39.6 Å². The van der Waals surface area contributed by atoms with Crippen LogP contribution in [0.5, 0.6) is 0 Å². The Bertz CT molecular complexity index is 511. The molecule has 1 N–H and O–H groups in total. The molecule has 1 aliphatic rings. The summed E-state index contributed by atoms with van der Waals surface area (Å²) >= 11 is 4.50. The van der Waals surface area contributed by atoms with Gasteiger partial charge in [0.05, 0.1) is 11.4 Å². The SMILES string of the molecule is O=C(O)C1CSCN1C(=O)c1cc(Br)ccc1F. The summed E-state index contributed by atoms with van der Waals surface area (Å²) in [6.07, 6.45) is 0. The van der Waals surface area contributed by atoms with Crippen molar-refractivity contribution in [3.8, 4) is 0 Å². The molecule has 1 unspecified atom stereocenters. The molecule has 2 rings (SSSR count). The highest BCUT2D eigenvalue weighted by molar-refractivity contribution is 9.10. The lowest BCUT2D eigenvalue weighted by molar-refractivity contribution is -0.140. The van der Waals surface area contributed by atoms with Gasteiger partial charge in [0.25, 0.3) is 5.91 Å². The van der Waals surface area contributed by atoms with E-state index in [9.17, 15) is 14.0 Å². The molecule has 18 heavy (non-hydrogen) atoms. The fraction of sp³-hybridized carbons (Fsp3) is 0.273. The van der Waals surface area contributed by atoms with Crippen LogP contribution in [0.1, 0.15) is 10.4 Å². The molecule has 7 heteroatoms. The topological polar surface area (TPSA) is 57.6 Å². The van der Waals surface area contributed by atoms with Crippen LogP contribution in [0.15, 0.2) is 22.7 Å². The van der Waals surface area contributed by atoms with Gasteiger partial charge in [0.15, 0.2) is 0 Å². The summed E-state index contributed by atoms with van der Waals surface area (Å²) in [4.78, 5) is 24.3. The van der Waals surface area contributed by atoms with E-state index in [-0.39, 0.29) is 11.4 Å². The van der Waals surface area contributed by atoms with Crippen molar-refractivity contribution in [2.24, 2.45) is 0 Å². The highest BCUT2D eigenvalue weighted by Gasteiger charge is 2.35. The Morgan fingerprint density at radius 2 is 2.22 bits per heavy atom. The molecule has 1 atom stereocenters. The van der Waals surface area contributed by atoms with Gasteiger partial charge in [-0.2, -0.15) is 0 Å². The fourth-order valence-corrected chi connectivity index (χ4v) is 3.17. The predicted octanol–water partition coefficient (Wildman–Crippen LogP) is 2.19. The number of carboxylic acid groups (broad SMARTS) is 1. The van der Waals surface area contributed by atoms with Crippen LogP contribution in [0.2, 0.25) is 0 Å². The molecule has 0 spiro atoms. The van der Waals surface area contributed by atoms with Crippen LogP contribution in [-0.2, 0) is 4.79 Å². The van der Waals surface area contributed by atoms with Crippen molar-refractivity contribution < 1.29 is 19.1 Å². The molecule has 0 bridgehead atoms. The van der Waals surface area contributed by atoms with Crippen molar-refractivity contribution in [3.05, 3.63) is 34.1 Å². The van der Waals surface area contributed by atoms with Crippen molar-refractivity contribution in [1.82, 2.24) is 4.90 Å². The minimum atomic E-state index is -1.07. The minimum Gasteiger partial charge on any atom is -0.480 e. The molecule has 1 amide bonds. The van der Waals surface area contributed by atoms with E-state index >= 15 is 0 Å². The minimum absolute atomic E-state index is 0.113. The quantitative estimate of drug-likeness (QED) is 0.901. The molecule has 0 saturated carbocycles. The average Bonchev–Trinajstić information content (AvgIpc) is 2.80. The molecule has 1 aromatic carbocycles. The third-order valence-corrected chi connectivity index (χ3v) is 4.09. The fourth-order valence-electron chi connectivity index (χ4n) is 1.66. The second kappa shape index (κ2) is 5.27. The molecular weight excluding hydrogens is 325 g/mol. The molecule has 1 saturated heterocycles. The number of hydrogen-bond donors (Lipinski definition) is 1. The van der Waals surface area contributed by atoms with E-state index in [0.29, 0.717) is 10.2 Å². The van der Waals surface area contributed by atoms with Gasteiger partial charge in [-0.15, -0.1) is 11.8 Å². The average molecular weight is 334 g/mol. The predicted molar refractivity (Wildman–Crippen MR) is 69.0 cm³/mol. The molecule has 0 aliphatic carbocycles. The summed E-state index contributed by atoms with van der Waals surface area (Å²) in [5.41, 5.74) is -0.113. The molecule has 0 radical (unpaired) electrons. The third-order valence-electron chi connectivity index (χ3n) is 2.59. The third kappa shape index (κ3) is 2.51. The summed E-state index contributed by atoms with van der Waals surface area (Å²) in [5, 5.41) is 8.99. The maximum Gasteiger partial charge on any atom is 0.327 e. The summed E-state index contributed by atoms with van der Waals surface area (Å²) in [5.74, 6) is -1.71. The highest BCUT2D eigenvalue weighted by atomic mass is 79.9. The standard InChI is InChI=1S/C11H9BrFNO3S/c12-6-1-2-8(13)7(3-6)10(15)14-5-18-4-9(14)11(16)17/h1-3,9H,4-5H2,(H,16,17). The van der Waals surface area contributed by atoms with Crippen LogP contribution in [0.4, 0.5) is 4.39 Å². The molecule has 1 aliphatic heterocycles. The number of nitrogens with zero attached hydrogens (tertiary/aromatic N) is 1. The first-order valence-corrected chi connectivity index (χ1v) is 7.02. The lowest BCUT2D eigenvalue weighted by Crippen LogP contribution is -2.42. The van der Waals surface area contributed by atoms with E-state index in [1.54, 1.807) is 0 Å². The summed E-state index contributed by atoms with van der Waals surface area (Å²) < 4.78 is 14.2. The van der Waals surface area contributed by atoms with Crippen molar-refractivity contribution in [2.45, 2.75) is 6.04 Å². The number of thioether (sulfide) groups is 1. The smallest absolute Gasteiger partial charge is 0.327 e. The lowest BCUT2D eigenvalue weighted by atomic mass is 10.1. The van der Waals surface area contributed by atoms with Gasteiger partial charge < -0.3 is 10.0 Å². The molecule has 1 heterocycles. The summed E-state index contributed by atoms with van der Waals surface area (Å²) in [6, 6.07) is 3.14. The van der Waals surface area contributed by atoms with Crippen molar-refractivity contribution in [2.75, 3.05) is 11.6 Å². The van der Waals surface area contributed by atoms with E-state index in [2.05, 4.69) is 15.9 Å². The Morgan fingerprint density at radius 3 is 2.89 bits per heavy atom. The number of carbonyl (C=O) groups excluding carboxylic acids is 1. The van der Waals surface area contributed by atoms with E-state index in [4.69, 9.17) is 5.11 Å². The van der Waals surface area contributed by atoms with Gasteiger partial charge in [-0.25, -0.2) is 9.18 Å². The second-order valence-electron chi connectivity index (χ2n) is 3.75. The Balaban J connectivity index is 2.31. The van der Waals surface area contributed by atoms with Crippen LogP contribution in [0.25, 0.3) is 0 Å². The normalized spacial score (nSPS) is 19.0. The Labute approximate surface area is 115 Å². The second-order valence-corrected chi connectivity index (χ2v) is 5.67. The summed E-state index contributed by atoms with van der Waals surface area (Å²) in [6.45, 7) is 0. The van der Waals surface area contributed by atoms with Gasteiger partial charge in [-0.05, 0) is 18.2 Å². The Morgan fingerprint density at radius 1 is 1.50 bits per heavy atom. The first kappa shape index (κ1) is 13.4. The van der Waals surface area contributed by atoms with E-state index in [1.807, 2.05) is 0 Å². The maximum absolute atomic E-state index is 13.6. The molecule has 96 valence electrons. The zero-order valence-electron chi connectivity index (χ0n) is 9.10. The van der Waals surface area contributed by atoms with Gasteiger partial charge >= 0.3 is 5.97 Å². The molecule has 4 nitrogen and oxygen atoms in total. The number of carbonyl (C=O) groups is 2. The molecular formula is C11H9BrFNO3S. The van der Waals surface area contributed by atoms with Crippen LogP contribution in [-0.4, -0.2) is 39.6 Å². The van der Waals surface area contributed by atoms with Gasteiger partial charge in [0.2, 0.25) is 0 Å². The highest BCUT2D eigenvalue weighted by Crippen LogP contribution is 2.25. The largest absolute Gasteiger partial charge is 0.480 e. The number of amides is 1. The van der Waals surface area contributed by atoms with Crippen LogP contribution in [0.3, 0.4) is 0 Å². The number of rotatable bonds is 2. The summed E-state index contributed by atoms with van der Waals surface area (Å²) in [7, 11) is 0. The van der Waals surface area contributed by atoms with Gasteiger partial charge in [0, 0.05) is 10.2 Å². The Hall–Kier alpha value is -1.08. The van der Waals surface area contributed by atoms with E-state index in [0.717, 1.165) is 0 Å². The van der Waals surface area contributed by atoms with Crippen molar-refractivity contribution in [1.29, 1.82) is 0 Å². The maximum atomic E-state index is 13.6. The molecule has 0 aromatic heterocycles. The van der Waals surface area contributed by atoms with Gasteiger partial charge in [0.1, 0.15) is 11.9 Å². The number of halogens is 2. The van der Waals surface area contributed by atoms with Crippen LogP contribution < -0.4 is 0 Å². The monoisotopic (exact) mass is 333 g/mol. The van der Waals surface area contributed by atoms with Crippen LogP contribution in [0, 0.1) is 5.82 Å². The van der Waals surface area contributed by atoms with E-state index in [1.165, 1.54) is 34.9 Å². The van der Waals surface area contributed by atoms with Gasteiger partial charge in [-0.1, -0.05) is 15.9 Å². The first-order valence-electron chi connectivity index (χ1n) is 5.07. The number of benzene rings is 1. The lowest BCUT2D eigenvalue weighted by Gasteiger charge is -2.20. The van der Waals surface area contributed by atoms with Crippen molar-refractivity contribution in [3.63, 3.8) is 0 Å². The zero-order chi connectivity index (χ0) is 13.3.